The van der Waals surface area contributed by atoms with Crippen molar-refractivity contribution in [1.82, 2.24) is 16.0 Å². The summed E-state index contributed by atoms with van der Waals surface area (Å²) in [5.74, 6) is -5.70. The Kier molecular flexibility index (Phi) is 12.9. The molecule has 0 saturated carbocycles. The molecule has 0 bridgehead atoms. The van der Waals surface area contributed by atoms with Crippen LogP contribution in [0.25, 0.3) is 0 Å². The van der Waals surface area contributed by atoms with Crippen LogP contribution >= 0.6 is 0 Å². The molecule has 1 rings (SSSR count). The summed E-state index contributed by atoms with van der Waals surface area (Å²) in [5.41, 5.74) is 11.8. The van der Waals surface area contributed by atoms with Crippen LogP contribution in [0.5, 0.6) is 5.75 Å². The number of aromatic hydroxyl groups is 1. The zero-order valence-corrected chi connectivity index (χ0v) is 19.6. The maximum absolute atomic E-state index is 12.6. The molecule has 0 heterocycles. The molecule has 0 radical (unpaired) electrons. The first-order chi connectivity index (χ1) is 17.0. The van der Waals surface area contributed by atoms with E-state index in [1.54, 1.807) is 12.1 Å². The van der Waals surface area contributed by atoms with E-state index in [0.717, 1.165) is 0 Å². The number of aliphatic carboxylic acids is 2. The van der Waals surface area contributed by atoms with Gasteiger partial charge in [-0.3, -0.25) is 19.2 Å². The van der Waals surface area contributed by atoms with Crippen LogP contribution in [-0.4, -0.2) is 87.4 Å². The summed E-state index contributed by atoms with van der Waals surface area (Å²) in [4.78, 5) is 60.2. The lowest BCUT2D eigenvalue weighted by atomic mass is 10.1. The third kappa shape index (κ3) is 10.7. The number of nitrogens with one attached hydrogen (secondary N) is 3. The van der Waals surface area contributed by atoms with E-state index in [1.165, 1.54) is 12.1 Å². The number of unbranched alkanes of at least 4 members (excludes halogenated alkanes) is 1. The Morgan fingerprint density at radius 2 is 1.39 bits per heavy atom. The van der Waals surface area contributed by atoms with Gasteiger partial charge in [-0.05, 0) is 49.9 Å². The van der Waals surface area contributed by atoms with Crippen LogP contribution in [0.4, 0.5) is 0 Å². The van der Waals surface area contributed by atoms with E-state index < -0.39 is 66.9 Å². The van der Waals surface area contributed by atoms with Crippen LogP contribution < -0.4 is 27.4 Å². The predicted molar refractivity (Wildman–Crippen MR) is 125 cm³/mol. The average molecular weight is 512 g/mol. The van der Waals surface area contributed by atoms with Gasteiger partial charge in [-0.25, -0.2) is 4.79 Å². The van der Waals surface area contributed by atoms with Crippen molar-refractivity contribution in [2.24, 2.45) is 11.5 Å². The fourth-order valence-corrected chi connectivity index (χ4v) is 3.13. The van der Waals surface area contributed by atoms with Gasteiger partial charge >= 0.3 is 11.9 Å². The topological polar surface area (TPSA) is 254 Å². The fraction of sp³-hybridized carbons (Fsp3) is 0.500. The lowest BCUT2D eigenvalue weighted by molar-refractivity contribution is -0.144. The van der Waals surface area contributed by atoms with Crippen molar-refractivity contribution in [3.63, 3.8) is 0 Å². The zero-order chi connectivity index (χ0) is 27.3. The molecule has 3 amide bonds. The second-order valence-corrected chi connectivity index (χ2v) is 8.06. The van der Waals surface area contributed by atoms with Crippen molar-refractivity contribution >= 4 is 29.7 Å². The largest absolute Gasteiger partial charge is 0.508 e. The van der Waals surface area contributed by atoms with Gasteiger partial charge in [0.2, 0.25) is 17.7 Å². The minimum absolute atomic E-state index is 0.0268. The smallest absolute Gasteiger partial charge is 0.326 e. The number of amides is 3. The van der Waals surface area contributed by atoms with Crippen molar-refractivity contribution in [2.75, 3.05) is 13.2 Å². The Balaban J connectivity index is 2.82. The van der Waals surface area contributed by atoms with Gasteiger partial charge in [0.05, 0.1) is 19.1 Å². The Morgan fingerprint density at radius 3 is 1.92 bits per heavy atom. The van der Waals surface area contributed by atoms with Crippen LogP contribution in [0.15, 0.2) is 24.3 Å². The molecule has 0 saturated heterocycles. The van der Waals surface area contributed by atoms with Crippen LogP contribution in [0.1, 0.15) is 31.2 Å². The first kappa shape index (κ1) is 30.3. The summed E-state index contributed by atoms with van der Waals surface area (Å²) in [7, 11) is 0. The number of hydrogen-bond acceptors (Lipinski definition) is 9. The molecule has 14 heteroatoms. The highest BCUT2D eigenvalue weighted by Gasteiger charge is 2.31. The Morgan fingerprint density at radius 1 is 0.833 bits per heavy atom. The number of carboxylic acids is 2. The molecule has 0 fully saturated rings. The normalized spacial score (nSPS) is 14.1. The van der Waals surface area contributed by atoms with Gasteiger partial charge in [0.15, 0.2) is 0 Å². The van der Waals surface area contributed by atoms with Crippen molar-refractivity contribution in [3.8, 4) is 5.75 Å². The minimum atomic E-state index is -1.68. The molecule has 0 aliphatic carbocycles. The number of benzene rings is 1. The van der Waals surface area contributed by atoms with Crippen LogP contribution in [0.3, 0.4) is 0 Å². The van der Waals surface area contributed by atoms with Gasteiger partial charge in [-0.1, -0.05) is 12.1 Å². The fourth-order valence-electron chi connectivity index (χ4n) is 3.13. The Bertz CT molecular complexity index is 910. The van der Waals surface area contributed by atoms with Gasteiger partial charge in [0.1, 0.15) is 23.9 Å². The third-order valence-corrected chi connectivity index (χ3v) is 5.12. The molecular formula is C22H33N5O9. The molecule has 14 nitrogen and oxygen atoms in total. The molecular weight excluding hydrogens is 478 g/mol. The van der Waals surface area contributed by atoms with Crippen molar-refractivity contribution in [2.45, 2.75) is 56.3 Å². The van der Waals surface area contributed by atoms with Crippen LogP contribution in [0.2, 0.25) is 0 Å². The molecule has 0 aliphatic rings. The Hall–Kier alpha value is -3.75. The molecule has 1 aromatic carbocycles. The number of phenols is 1. The van der Waals surface area contributed by atoms with Crippen LogP contribution in [0, 0.1) is 0 Å². The number of nitrogens with two attached hydrogens (primary N) is 2. The first-order valence-corrected chi connectivity index (χ1v) is 11.2. The maximum atomic E-state index is 12.6. The molecule has 36 heavy (non-hydrogen) atoms. The van der Waals surface area contributed by atoms with Crippen LogP contribution in [-0.2, 0) is 30.4 Å². The minimum Gasteiger partial charge on any atom is -0.508 e. The third-order valence-electron chi connectivity index (χ3n) is 5.12. The lowest BCUT2D eigenvalue weighted by Crippen LogP contribution is -2.58. The van der Waals surface area contributed by atoms with Gasteiger partial charge in [0.25, 0.3) is 0 Å². The lowest BCUT2D eigenvalue weighted by Gasteiger charge is -2.23. The number of phenolic OH excluding ortho intramolecular Hbond substituents is 1. The zero-order valence-electron chi connectivity index (χ0n) is 19.6. The highest BCUT2D eigenvalue weighted by atomic mass is 16.4. The molecule has 0 spiro atoms. The van der Waals surface area contributed by atoms with Crippen molar-refractivity contribution < 1.29 is 44.4 Å². The summed E-state index contributed by atoms with van der Waals surface area (Å²) in [6.07, 6.45) is 0.129. The van der Waals surface area contributed by atoms with Gasteiger partial charge < -0.3 is 47.8 Å². The highest BCUT2D eigenvalue weighted by molar-refractivity contribution is 5.95. The average Bonchev–Trinajstić information content (AvgIpc) is 2.82. The number of aliphatic hydroxyl groups is 1. The maximum Gasteiger partial charge on any atom is 0.326 e. The summed E-state index contributed by atoms with van der Waals surface area (Å²) in [6, 6.07) is 0.218. The van der Waals surface area contributed by atoms with E-state index in [9.17, 15) is 39.3 Å². The quantitative estimate of drug-likeness (QED) is 0.104. The van der Waals surface area contributed by atoms with Crippen molar-refractivity contribution in [1.29, 1.82) is 0 Å². The van der Waals surface area contributed by atoms with Gasteiger partial charge in [0, 0.05) is 0 Å². The number of carbonyl (C=O) groups excluding carboxylic acids is 3. The molecule has 0 aliphatic heterocycles. The van der Waals surface area contributed by atoms with E-state index in [-0.39, 0.29) is 18.6 Å². The van der Waals surface area contributed by atoms with E-state index in [0.29, 0.717) is 24.9 Å². The second-order valence-electron chi connectivity index (χ2n) is 8.06. The SMILES string of the molecule is NCCCCC(NC(=O)C(CC(=O)O)NC(=O)C(CO)NC(=O)C(N)Cc1ccc(O)cc1)C(=O)O. The molecule has 1 aromatic rings. The molecule has 11 N–H and O–H groups in total. The molecule has 4 atom stereocenters. The number of hydrogen-bond donors (Lipinski definition) is 9. The molecule has 200 valence electrons. The Labute approximate surface area is 207 Å². The summed E-state index contributed by atoms with van der Waals surface area (Å²) in [6.45, 7) is -0.563. The number of carboxylic acid groups (broad SMARTS) is 2. The highest BCUT2D eigenvalue weighted by Crippen LogP contribution is 2.11. The second kappa shape index (κ2) is 15.3. The van der Waals surface area contributed by atoms with E-state index in [1.807, 2.05) is 0 Å². The summed E-state index contributed by atoms with van der Waals surface area (Å²) >= 11 is 0. The standard InChI is InChI=1S/C22H33N5O9/c23-8-2-1-3-15(22(35)36)25-20(33)16(10-18(30)31)26-21(34)17(11-28)27-19(32)14(24)9-12-4-6-13(29)7-5-12/h4-7,14-17,28-29H,1-3,8-11,23-24H2,(H,25,33)(H,26,34)(H,27,32)(H,30,31)(H,35,36). The van der Waals surface area contributed by atoms with E-state index in [2.05, 4.69) is 16.0 Å². The monoisotopic (exact) mass is 511 g/mol. The first-order valence-electron chi connectivity index (χ1n) is 11.2. The van der Waals surface area contributed by atoms with Crippen molar-refractivity contribution in [3.05, 3.63) is 29.8 Å². The summed E-state index contributed by atoms with van der Waals surface area (Å²) < 4.78 is 0. The van der Waals surface area contributed by atoms with Gasteiger partial charge in [-0.2, -0.15) is 0 Å². The molecule has 0 aromatic heterocycles. The number of aliphatic hydroxyl groups excluding tert-OH is 1. The molecule has 4 unspecified atom stereocenters. The predicted octanol–water partition coefficient (Wildman–Crippen LogP) is -2.60. The number of rotatable bonds is 16. The van der Waals surface area contributed by atoms with E-state index >= 15 is 0 Å². The van der Waals surface area contributed by atoms with E-state index in [4.69, 9.17) is 16.6 Å². The van der Waals surface area contributed by atoms with Gasteiger partial charge in [-0.15, -0.1) is 0 Å². The number of carbonyl (C=O) groups is 5. The summed E-state index contributed by atoms with van der Waals surface area (Å²) in [5, 5.41) is 43.9.